The zero-order chi connectivity index (χ0) is 26.1. The molecule has 1 aromatic heterocycles. The molecule has 1 heterocycles. The molecule has 0 saturated heterocycles. The number of nitriles is 1. The molecule has 0 bridgehead atoms. The Morgan fingerprint density at radius 2 is 1.81 bits per heavy atom. The molecule has 0 unspecified atom stereocenters. The molecule has 0 fully saturated rings. The van der Waals surface area contributed by atoms with Crippen LogP contribution in [0.2, 0.25) is 0 Å². The van der Waals surface area contributed by atoms with Gasteiger partial charge < -0.3 is 9.64 Å². The van der Waals surface area contributed by atoms with Gasteiger partial charge in [0.25, 0.3) is 0 Å². The van der Waals surface area contributed by atoms with Crippen molar-refractivity contribution >= 4 is 11.9 Å². The molecule has 6 nitrogen and oxygen atoms in total. The minimum atomic E-state index is -0.674. The molecule has 0 radical (unpaired) electrons. The SMILES string of the molecule is CCCCC(=O)N(Cc1ccc(-c2cc(-c3ccccc3)ccc2C#N)nc1)[C@H](C(=O)OC)C(C)C. The average Bonchev–Trinajstić information content (AvgIpc) is 2.91. The number of methoxy groups -OCH3 is 1. The summed E-state index contributed by atoms with van der Waals surface area (Å²) >= 11 is 0. The van der Waals surface area contributed by atoms with Crippen LogP contribution in [0, 0.1) is 17.2 Å². The Morgan fingerprint density at radius 3 is 2.39 bits per heavy atom. The van der Waals surface area contributed by atoms with E-state index in [1.54, 1.807) is 11.1 Å². The third-order valence-electron chi connectivity index (χ3n) is 6.18. The van der Waals surface area contributed by atoms with E-state index in [0.29, 0.717) is 17.7 Å². The Morgan fingerprint density at radius 1 is 1.06 bits per heavy atom. The Hall–Kier alpha value is -3.98. The van der Waals surface area contributed by atoms with Gasteiger partial charge in [0.15, 0.2) is 0 Å². The van der Waals surface area contributed by atoms with Crippen LogP contribution in [0.1, 0.15) is 51.2 Å². The van der Waals surface area contributed by atoms with E-state index in [1.807, 2.05) is 81.4 Å². The van der Waals surface area contributed by atoms with E-state index in [0.717, 1.165) is 35.1 Å². The third kappa shape index (κ3) is 6.37. The lowest BCUT2D eigenvalue weighted by molar-refractivity contribution is -0.155. The van der Waals surface area contributed by atoms with Gasteiger partial charge in [-0.1, -0.05) is 69.7 Å². The molecular formula is C30H33N3O3. The van der Waals surface area contributed by atoms with E-state index in [-0.39, 0.29) is 18.4 Å². The molecule has 0 aliphatic carbocycles. The number of carbonyl (C=O) groups is 2. The second kappa shape index (κ2) is 12.6. The smallest absolute Gasteiger partial charge is 0.328 e. The molecule has 1 amide bonds. The molecule has 186 valence electrons. The van der Waals surface area contributed by atoms with Crippen molar-refractivity contribution in [1.29, 1.82) is 5.26 Å². The van der Waals surface area contributed by atoms with Crippen molar-refractivity contribution in [2.24, 2.45) is 5.92 Å². The molecule has 0 saturated carbocycles. The van der Waals surface area contributed by atoms with Gasteiger partial charge in [-0.25, -0.2) is 4.79 Å². The molecule has 2 aromatic carbocycles. The summed E-state index contributed by atoms with van der Waals surface area (Å²) in [6.07, 6.45) is 3.73. The number of carbonyl (C=O) groups excluding carboxylic acids is 2. The molecular weight excluding hydrogens is 450 g/mol. The van der Waals surface area contributed by atoms with E-state index in [4.69, 9.17) is 4.74 Å². The van der Waals surface area contributed by atoms with Crippen LogP contribution < -0.4 is 0 Å². The number of pyridine rings is 1. The predicted octanol–water partition coefficient (Wildman–Crippen LogP) is 6.00. The van der Waals surface area contributed by atoms with Gasteiger partial charge in [-0.15, -0.1) is 0 Å². The third-order valence-corrected chi connectivity index (χ3v) is 6.18. The number of hydrogen-bond donors (Lipinski definition) is 0. The molecule has 0 aliphatic rings. The summed E-state index contributed by atoms with van der Waals surface area (Å²) in [6.45, 7) is 6.10. The number of rotatable bonds is 10. The molecule has 36 heavy (non-hydrogen) atoms. The molecule has 0 aliphatic heterocycles. The van der Waals surface area contributed by atoms with Crippen molar-refractivity contribution < 1.29 is 14.3 Å². The maximum Gasteiger partial charge on any atom is 0.328 e. The number of esters is 1. The summed E-state index contributed by atoms with van der Waals surface area (Å²) in [6, 6.07) is 21.0. The zero-order valence-electron chi connectivity index (χ0n) is 21.4. The fourth-order valence-corrected chi connectivity index (χ4v) is 4.23. The minimum absolute atomic E-state index is 0.0765. The van der Waals surface area contributed by atoms with Gasteiger partial charge in [0.2, 0.25) is 5.91 Å². The highest BCUT2D eigenvalue weighted by molar-refractivity contribution is 5.84. The number of hydrogen-bond acceptors (Lipinski definition) is 5. The molecule has 6 heteroatoms. The Balaban J connectivity index is 1.92. The molecule has 0 N–H and O–H groups in total. The van der Waals surface area contributed by atoms with Crippen LogP contribution in [0.25, 0.3) is 22.4 Å². The topological polar surface area (TPSA) is 83.3 Å². The summed E-state index contributed by atoms with van der Waals surface area (Å²) < 4.78 is 5.02. The lowest BCUT2D eigenvalue weighted by Crippen LogP contribution is -2.48. The van der Waals surface area contributed by atoms with Crippen molar-refractivity contribution in [2.75, 3.05) is 7.11 Å². The van der Waals surface area contributed by atoms with Crippen molar-refractivity contribution in [3.63, 3.8) is 0 Å². The normalized spacial score (nSPS) is 11.6. The lowest BCUT2D eigenvalue weighted by Gasteiger charge is -2.32. The first-order valence-electron chi connectivity index (χ1n) is 12.3. The summed E-state index contributed by atoms with van der Waals surface area (Å²) in [5, 5.41) is 9.67. The largest absolute Gasteiger partial charge is 0.467 e. The van der Waals surface area contributed by atoms with Crippen LogP contribution in [0.4, 0.5) is 0 Å². The highest BCUT2D eigenvalue weighted by Gasteiger charge is 2.33. The van der Waals surface area contributed by atoms with Gasteiger partial charge in [-0.3, -0.25) is 9.78 Å². The van der Waals surface area contributed by atoms with E-state index in [1.165, 1.54) is 7.11 Å². The van der Waals surface area contributed by atoms with Crippen LogP contribution in [0.3, 0.4) is 0 Å². The fraction of sp³-hybridized carbons (Fsp3) is 0.333. The zero-order valence-corrected chi connectivity index (χ0v) is 21.4. The van der Waals surface area contributed by atoms with E-state index >= 15 is 0 Å². The quantitative estimate of drug-likeness (QED) is 0.330. The van der Waals surface area contributed by atoms with E-state index in [9.17, 15) is 14.9 Å². The first-order valence-corrected chi connectivity index (χ1v) is 12.3. The van der Waals surface area contributed by atoms with Crippen molar-refractivity contribution in [1.82, 2.24) is 9.88 Å². The number of ether oxygens (including phenoxy) is 1. The van der Waals surface area contributed by atoms with Gasteiger partial charge in [0.1, 0.15) is 6.04 Å². The van der Waals surface area contributed by atoms with E-state index in [2.05, 4.69) is 11.1 Å². The fourth-order valence-electron chi connectivity index (χ4n) is 4.23. The van der Waals surface area contributed by atoms with Crippen LogP contribution >= 0.6 is 0 Å². The van der Waals surface area contributed by atoms with Gasteiger partial charge in [0.05, 0.1) is 24.4 Å². The highest BCUT2D eigenvalue weighted by Crippen LogP contribution is 2.29. The number of benzene rings is 2. The predicted molar refractivity (Wildman–Crippen MR) is 141 cm³/mol. The number of aromatic nitrogens is 1. The molecule has 3 rings (SSSR count). The highest BCUT2D eigenvalue weighted by atomic mass is 16.5. The van der Waals surface area contributed by atoms with Crippen LogP contribution in [-0.4, -0.2) is 34.9 Å². The first kappa shape index (κ1) is 26.6. The average molecular weight is 484 g/mol. The Bertz CT molecular complexity index is 1210. The summed E-state index contributed by atoms with van der Waals surface area (Å²) in [5.41, 5.74) is 4.82. The van der Waals surface area contributed by atoms with Gasteiger partial charge >= 0.3 is 5.97 Å². The standard InChI is InChI=1S/C30H33N3O3/c1-5-6-12-28(34)33(29(21(2)3)30(35)36-4)20-22-13-16-27(32-19-22)26-17-24(14-15-25(26)18-31)23-10-8-7-9-11-23/h7-11,13-17,19,21,29H,5-6,12,20H2,1-4H3/t29-/m0/s1. The molecule has 1 atom stereocenters. The number of unbranched alkanes of at least 4 members (excludes halogenated alkanes) is 1. The van der Waals surface area contributed by atoms with Gasteiger partial charge in [0, 0.05) is 24.7 Å². The minimum Gasteiger partial charge on any atom is -0.467 e. The Kier molecular flexibility index (Phi) is 9.35. The molecule has 0 spiro atoms. The van der Waals surface area contributed by atoms with E-state index < -0.39 is 12.0 Å². The maximum absolute atomic E-state index is 13.1. The lowest BCUT2D eigenvalue weighted by atomic mass is 9.97. The summed E-state index contributed by atoms with van der Waals surface area (Å²) in [5.74, 6) is -0.600. The maximum atomic E-state index is 13.1. The van der Waals surface area contributed by atoms with Crippen LogP contribution in [0.5, 0.6) is 0 Å². The van der Waals surface area contributed by atoms with Crippen molar-refractivity contribution in [3.8, 4) is 28.5 Å². The second-order valence-electron chi connectivity index (χ2n) is 9.13. The number of amides is 1. The number of nitrogens with zero attached hydrogens (tertiary/aromatic N) is 3. The monoisotopic (exact) mass is 483 g/mol. The Labute approximate surface area is 213 Å². The van der Waals surface area contributed by atoms with Gasteiger partial charge in [-0.2, -0.15) is 5.26 Å². The second-order valence-corrected chi connectivity index (χ2v) is 9.13. The first-order chi connectivity index (χ1) is 17.4. The van der Waals surface area contributed by atoms with Crippen molar-refractivity contribution in [3.05, 3.63) is 78.0 Å². The van der Waals surface area contributed by atoms with Gasteiger partial charge in [-0.05, 0) is 47.2 Å². The van der Waals surface area contributed by atoms with Crippen LogP contribution in [-0.2, 0) is 20.9 Å². The summed E-state index contributed by atoms with van der Waals surface area (Å²) in [4.78, 5) is 31.9. The summed E-state index contributed by atoms with van der Waals surface area (Å²) in [7, 11) is 1.35. The molecule has 3 aromatic rings. The van der Waals surface area contributed by atoms with Crippen LogP contribution in [0.15, 0.2) is 66.9 Å². The van der Waals surface area contributed by atoms with Crippen molar-refractivity contribution in [2.45, 2.75) is 52.6 Å².